The van der Waals surface area contributed by atoms with Crippen LogP contribution in [-0.4, -0.2) is 24.1 Å². The number of thioether (sulfide) groups is 1. The zero-order chi connectivity index (χ0) is 14.5. The summed E-state index contributed by atoms with van der Waals surface area (Å²) in [5, 5.41) is 13.2. The van der Waals surface area contributed by atoms with Crippen LogP contribution in [0.25, 0.3) is 0 Å². The normalized spacial score (nSPS) is 18.4. The van der Waals surface area contributed by atoms with Gasteiger partial charge in [0.15, 0.2) is 5.17 Å². The second-order valence-corrected chi connectivity index (χ2v) is 6.12. The second-order valence-electron chi connectivity index (χ2n) is 5.03. The molecular weight excluding hydrogens is 270 g/mol. The third kappa shape index (κ3) is 3.45. The van der Waals surface area contributed by atoms with Gasteiger partial charge in [0.2, 0.25) is 0 Å². The van der Waals surface area contributed by atoms with Crippen molar-refractivity contribution in [3.05, 3.63) is 23.8 Å². The van der Waals surface area contributed by atoms with Crippen molar-refractivity contribution in [3.8, 4) is 11.8 Å². The van der Waals surface area contributed by atoms with Gasteiger partial charge >= 0.3 is 0 Å². The number of nitrogens with one attached hydrogen (secondary N) is 1. The van der Waals surface area contributed by atoms with Gasteiger partial charge < -0.3 is 10.1 Å². The summed E-state index contributed by atoms with van der Waals surface area (Å²) in [5.74, 6) is 2.29. The van der Waals surface area contributed by atoms with E-state index in [1.807, 2.05) is 6.07 Å². The molecule has 1 aliphatic heterocycles. The number of ether oxygens (including phenoxy) is 1. The number of nitriles is 1. The maximum Gasteiger partial charge on any atom is 0.161 e. The summed E-state index contributed by atoms with van der Waals surface area (Å²) in [6.07, 6.45) is 1.12. The smallest absolute Gasteiger partial charge is 0.161 e. The van der Waals surface area contributed by atoms with E-state index in [1.54, 1.807) is 31.0 Å². The van der Waals surface area contributed by atoms with E-state index in [-0.39, 0.29) is 0 Å². The van der Waals surface area contributed by atoms with Gasteiger partial charge in [0.05, 0.1) is 30.5 Å². The summed E-state index contributed by atoms with van der Waals surface area (Å²) >= 11 is 1.73. The lowest BCUT2D eigenvalue weighted by molar-refractivity contribution is 0.417. The molecule has 1 atom stereocenters. The number of anilines is 1. The number of aliphatic imine (C=N–C) groups is 1. The standard InChI is InChI=1S/C15H19N3OS/c1-10(2)12-6-7-20-15(17-12)18-13-5-4-11(9-16)8-14(13)19-3/h4-5,8,10,12H,6-7H2,1-3H3,(H,17,18). The molecule has 1 aromatic rings. The van der Waals surface area contributed by atoms with Gasteiger partial charge in [0.25, 0.3) is 0 Å². The number of nitrogens with zero attached hydrogens (tertiary/aromatic N) is 2. The van der Waals surface area contributed by atoms with Crippen molar-refractivity contribution in [1.29, 1.82) is 5.26 Å². The molecule has 0 aliphatic carbocycles. The van der Waals surface area contributed by atoms with Crippen LogP contribution in [0.4, 0.5) is 5.69 Å². The van der Waals surface area contributed by atoms with Crippen LogP contribution in [0.5, 0.6) is 5.75 Å². The summed E-state index contributed by atoms with van der Waals surface area (Å²) in [5.41, 5.74) is 1.44. The Kier molecular flexibility index (Phi) is 4.91. The molecule has 0 bridgehead atoms. The van der Waals surface area contributed by atoms with Gasteiger partial charge in [-0.3, -0.25) is 4.99 Å². The molecule has 0 saturated carbocycles. The van der Waals surface area contributed by atoms with Crippen molar-refractivity contribution < 1.29 is 4.74 Å². The average Bonchev–Trinajstić information content (AvgIpc) is 2.48. The minimum Gasteiger partial charge on any atom is -0.495 e. The first-order chi connectivity index (χ1) is 9.63. The van der Waals surface area contributed by atoms with Crippen LogP contribution in [0.2, 0.25) is 0 Å². The number of methoxy groups -OCH3 is 1. The Labute approximate surface area is 124 Å². The highest BCUT2D eigenvalue weighted by atomic mass is 32.2. The fraction of sp³-hybridized carbons (Fsp3) is 0.467. The summed E-state index contributed by atoms with van der Waals surface area (Å²) in [6, 6.07) is 7.86. The van der Waals surface area contributed by atoms with Gasteiger partial charge in [-0.25, -0.2) is 0 Å². The Hall–Kier alpha value is -1.67. The van der Waals surface area contributed by atoms with Crippen LogP contribution in [-0.2, 0) is 0 Å². The van der Waals surface area contributed by atoms with E-state index >= 15 is 0 Å². The Morgan fingerprint density at radius 1 is 1.50 bits per heavy atom. The van der Waals surface area contributed by atoms with Gasteiger partial charge in [0.1, 0.15) is 5.75 Å². The van der Waals surface area contributed by atoms with Crippen LogP contribution < -0.4 is 10.1 Å². The topological polar surface area (TPSA) is 57.4 Å². The van der Waals surface area contributed by atoms with E-state index in [9.17, 15) is 0 Å². The minimum atomic E-state index is 0.378. The molecule has 1 N–H and O–H groups in total. The highest BCUT2D eigenvalue weighted by Gasteiger charge is 2.19. The van der Waals surface area contributed by atoms with Crippen molar-refractivity contribution in [2.24, 2.45) is 10.9 Å². The summed E-state index contributed by atoms with van der Waals surface area (Å²) in [7, 11) is 1.61. The van der Waals surface area contributed by atoms with Crippen LogP contribution in [0.1, 0.15) is 25.8 Å². The van der Waals surface area contributed by atoms with E-state index in [4.69, 9.17) is 15.0 Å². The monoisotopic (exact) mass is 289 g/mol. The predicted octanol–water partition coefficient (Wildman–Crippen LogP) is 3.50. The van der Waals surface area contributed by atoms with E-state index < -0.39 is 0 Å². The summed E-state index contributed by atoms with van der Waals surface area (Å²) in [4.78, 5) is 4.74. The number of hydrogen-bond donors (Lipinski definition) is 1. The lowest BCUT2D eigenvalue weighted by Crippen LogP contribution is -2.24. The first kappa shape index (κ1) is 14.7. The second kappa shape index (κ2) is 6.67. The average molecular weight is 289 g/mol. The molecular formula is C15H19N3OS. The van der Waals surface area contributed by atoms with Crippen LogP contribution >= 0.6 is 11.8 Å². The third-order valence-electron chi connectivity index (χ3n) is 3.28. The van der Waals surface area contributed by atoms with E-state index in [2.05, 4.69) is 25.2 Å². The largest absolute Gasteiger partial charge is 0.495 e. The minimum absolute atomic E-state index is 0.378. The van der Waals surface area contributed by atoms with Gasteiger partial charge in [-0.1, -0.05) is 25.6 Å². The number of hydrogen-bond acceptors (Lipinski definition) is 5. The SMILES string of the molecule is COc1cc(C#N)ccc1NC1=NC(C(C)C)CCS1. The molecule has 2 rings (SSSR count). The van der Waals surface area contributed by atoms with Crippen molar-refractivity contribution in [2.45, 2.75) is 26.3 Å². The maximum atomic E-state index is 8.91. The van der Waals surface area contributed by atoms with Crippen molar-refractivity contribution in [1.82, 2.24) is 0 Å². The zero-order valence-corrected chi connectivity index (χ0v) is 12.8. The summed E-state index contributed by atoms with van der Waals surface area (Å²) in [6.45, 7) is 4.40. The van der Waals surface area contributed by atoms with Crippen LogP contribution in [0.3, 0.4) is 0 Å². The van der Waals surface area contributed by atoms with Crippen molar-refractivity contribution in [3.63, 3.8) is 0 Å². The van der Waals surface area contributed by atoms with Crippen molar-refractivity contribution in [2.75, 3.05) is 18.2 Å². The number of rotatable bonds is 3. The van der Waals surface area contributed by atoms with Crippen LogP contribution in [0, 0.1) is 17.2 Å². The molecule has 0 amide bonds. The molecule has 4 nitrogen and oxygen atoms in total. The van der Waals surface area contributed by atoms with E-state index in [1.165, 1.54) is 0 Å². The molecule has 0 aromatic heterocycles. The summed E-state index contributed by atoms with van der Waals surface area (Å²) < 4.78 is 5.33. The van der Waals surface area contributed by atoms with Crippen LogP contribution in [0.15, 0.2) is 23.2 Å². The highest BCUT2D eigenvalue weighted by Crippen LogP contribution is 2.29. The molecule has 1 aliphatic rings. The quantitative estimate of drug-likeness (QED) is 0.925. The number of amidine groups is 1. The lowest BCUT2D eigenvalue weighted by Gasteiger charge is -2.23. The fourth-order valence-electron chi connectivity index (χ4n) is 2.06. The molecule has 5 heteroatoms. The highest BCUT2D eigenvalue weighted by molar-refractivity contribution is 8.14. The van der Waals surface area contributed by atoms with Gasteiger partial charge in [-0.2, -0.15) is 5.26 Å². The molecule has 1 heterocycles. The maximum absolute atomic E-state index is 8.91. The molecule has 0 spiro atoms. The molecule has 20 heavy (non-hydrogen) atoms. The lowest BCUT2D eigenvalue weighted by atomic mass is 10.0. The molecule has 0 saturated heterocycles. The predicted molar refractivity (Wildman–Crippen MR) is 84.5 cm³/mol. The molecule has 106 valence electrons. The van der Waals surface area contributed by atoms with E-state index in [0.717, 1.165) is 23.0 Å². The Morgan fingerprint density at radius 3 is 2.95 bits per heavy atom. The first-order valence-electron chi connectivity index (χ1n) is 6.69. The number of benzene rings is 1. The molecule has 0 radical (unpaired) electrons. The Morgan fingerprint density at radius 2 is 2.30 bits per heavy atom. The van der Waals surface area contributed by atoms with E-state index in [0.29, 0.717) is 23.3 Å². The molecule has 0 fully saturated rings. The fourth-order valence-corrected chi connectivity index (χ4v) is 3.00. The molecule has 1 unspecified atom stereocenters. The van der Waals surface area contributed by atoms with Gasteiger partial charge in [-0.05, 0) is 24.5 Å². The van der Waals surface area contributed by atoms with Gasteiger partial charge in [0, 0.05) is 11.8 Å². The zero-order valence-electron chi connectivity index (χ0n) is 12.0. The third-order valence-corrected chi connectivity index (χ3v) is 4.20. The Bertz CT molecular complexity index is 549. The van der Waals surface area contributed by atoms with Crippen molar-refractivity contribution >= 4 is 22.6 Å². The molecule has 1 aromatic carbocycles. The van der Waals surface area contributed by atoms with Gasteiger partial charge in [-0.15, -0.1) is 0 Å². The first-order valence-corrected chi connectivity index (χ1v) is 7.68. The Balaban J connectivity index is 2.19.